The topological polar surface area (TPSA) is 86.7 Å². The van der Waals surface area contributed by atoms with Crippen LogP contribution >= 0.6 is 11.6 Å². The summed E-state index contributed by atoms with van der Waals surface area (Å²) in [6.07, 6.45) is 1.06. The van der Waals surface area contributed by atoms with Gasteiger partial charge >= 0.3 is 5.97 Å². The molecule has 0 spiro atoms. The van der Waals surface area contributed by atoms with E-state index >= 15 is 0 Å². The van der Waals surface area contributed by atoms with Crippen molar-refractivity contribution < 1.29 is 18.3 Å². The first kappa shape index (κ1) is 16.2. The molecule has 1 aliphatic heterocycles. The van der Waals surface area contributed by atoms with E-state index in [0.717, 1.165) is 5.56 Å². The van der Waals surface area contributed by atoms with E-state index in [1.807, 2.05) is 0 Å². The molecule has 2 N–H and O–H groups in total. The van der Waals surface area contributed by atoms with E-state index < -0.39 is 22.1 Å². The lowest BCUT2D eigenvalue weighted by Crippen LogP contribution is -2.47. The van der Waals surface area contributed by atoms with Gasteiger partial charge in [-0.05, 0) is 30.5 Å². The van der Waals surface area contributed by atoms with Gasteiger partial charge in [0.1, 0.15) is 0 Å². The summed E-state index contributed by atoms with van der Waals surface area (Å²) >= 11 is 5.84. The van der Waals surface area contributed by atoms with Crippen LogP contribution in [0.2, 0.25) is 5.02 Å². The van der Waals surface area contributed by atoms with Crippen LogP contribution in [0.4, 0.5) is 0 Å². The Morgan fingerprint density at radius 1 is 1.48 bits per heavy atom. The number of nitrogens with one attached hydrogen (secondary N) is 1. The predicted molar refractivity (Wildman–Crippen MR) is 79.1 cm³/mol. The van der Waals surface area contributed by atoms with E-state index in [4.69, 9.17) is 16.7 Å². The fraction of sp³-hybridized carbons (Fsp3) is 0.462. The van der Waals surface area contributed by atoms with Crippen LogP contribution in [0.25, 0.3) is 0 Å². The zero-order valence-electron chi connectivity index (χ0n) is 11.3. The lowest BCUT2D eigenvalue weighted by molar-refractivity contribution is -0.142. The maximum absolute atomic E-state index is 12.2. The third kappa shape index (κ3) is 4.41. The molecule has 116 valence electrons. The normalized spacial score (nSPS) is 20.3. The van der Waals surface area contributed by atoms with Crippen LogP contribution in [0, 0.1) is 5.92 Å². The van der Waals surface area contributed by atoms with Gasteiger partial charge in [-0.1, -0.05) is 23.7 Å². The van der Waals surface area contributed by atoms with Gasteiger partial charge in [-0.3, -0.25) is 4.79 Å². The van der Waals surface area contributed by atoms with Crippen molar-refractivity contribution in [2.45, 2.75) is 19.4 Å². The lowest BCUT2D eigenvalue weighted by atomic mass is 10.0. The quantitative estimate of drug-likeness (QED) is 0.855. The number of carboxylic acid groups (broad SMARTS) is 1. The van der Waals surface area contributed by atoms with Gasteiger partial charge in [-0.15, -0.1) is 0 Å². The molecule has 1 unspecified atom stereocenters. The number of piperidine rings is 1. The van der Waals surface area contributed by atoms with Gasteiger partial charge in [0, 0.05) is 24.7 Å². The Labute approximate surface area is 128 Å². The minimum atomic E-state index is -3.68. The van der Waals surface area contributed by atoms with E-state index in [1.165, 1.54) is 4.31 Å². The van der Waals surface area contributed by atoms with Gasteiger partial charge in [0.2, 0.25) is 0 Å². The van der Waals surface area contributed by atoms with Crippen LogP contribution in [0.3, 0.4) is 0 Å². The monoisotopic (exact) mass is 332 g/mol. The second-order valence-electron chi connectivity index (χ2n) is 4.99. The Hall–Kier alpha value is -1.15. The molecule has 0 radical (unpaired) electrons. The van der Waals surface area contributed by atoms with Crippen molar-refractivity contribution in [2.75, 3.05) is 13.1 Å². The highest BCUT2D eigenvalue weighted by Crippen LogP contribution is 2.19. The Morgan fingerprint density at radius 3 is 2.90 bits per heavy atom. The van der Waals surface area contributed by atoms with Crippen molar-refractivity contribution >= 4 is 27.8 Å². The van der Waals surface area contributed by atoms with Gasteiger partial charge < -0.3 is 5.11 Å². The summed E-state index contributed by atoms with van der Waals surface area (Å²) < 4.78 is 28.1. The Balaban J connectivity index is 1.99. The third-order valence-electron chi connectivity index (χ3n) is 3.42. The molecular formula is C13H17ClN2O4S. The summed E-state index contributed by atoms with van der Waals surface area (Å²) in [4.78, 5) is 11.0. The van der Waals surface area contributed by atoms with Crippen molar-refractivity contribution in [3.05, 3.63) is 34.9 Å². The first-order valence-electron chi connectivity index (χ1n) is 6.60. The molecule has 1 aromatic carbocycles. The zero-order valence-corrected chi connectivity index (χ0v) is 12.9. The van der Waals surface area contributed by atoms with E-state index in [0.29, 0.717) is 24.4 Å². The zero-order chi connectivity index (χ0) is 15.5. The second-order valence-corrected chi connectivity index (χ2v) is 7.18. The first-order valence-corrected chi connectivity index (χ1v) is 8.42. The summed E-state index contributed by atoms with van der Waals surface area (Å²) in [5, 5.41) is 9.54. The van der Waals surface area contributed by atoms with Crippen molar-refractivity contribution in [1.82, 2.24) is 9.03 Å². The van der Waals surface area contributed by atoms with Crippen molar-refractivity contribution in [2.24, 2.45) is 5.92 Å². The number of carboxylic acids is 1. The van der Waals surface area contributed by atoms with Crippen LogP contribution in [0.5, 0.6) is 0 Å². The number of aliphatic carboxylic acids is 1. The minimum Gasteiger partial charge on any atom is -0.481 e. The van der Waals surface area contributed by atoms with Gasteiger partial charge in [0.25, 0.3) is 10.2 Å². The maximum atomic E-state index is 12.2. The predicted octanol–water partition coefficient (Wildman–Crippen LogP) is 1.47. The largest absolute Gasteiger partial charge is 0.481 e. The van der Waals surface area contributed by atoms with Crippen LogP contribution in [-0.2, 0) is 21.5 Å². The van der Waals surface area contributed by atoms with Crippen molar-refractivity contribution in [3.63, 3.8) is 0 Å². The summed E-state index contributed by atoms with van der Waals surface area (Å²) in [6, 6.07) is 6.90. The number of hydrogen-bond acceptors (Lipinski definition) is 3. The smallest absolute Gasteiger partial charge is 0.307 e. The number of benzene rings is 1. The maximum Gasteiger partial charge on any atom is 0.307 e. The molecular weight excluding hydrogens is 316 g/mol. The second kappa shape index (κ2) is 6.74. The highest BCUT2D eigenvalue weighted by Gasteiger charge is 2.31. The Bertz CT molecular complexity index is 620. The van der Waals surface area contributed by atoms with Gasteiger partial charge in [-0.25, -0.2) is 0 Å². The summed E-state index contributed by atoms with van der Waals surface area (Å²) in [5.41, 5.74) is 0.748. The number of halogens is 1. The molecule has 1 heterocycles. The first-order chi connectivity index (χ1) is 9.88. The molecule has 0 amide bonds. The lowest BCUT2D eigenvalue weighted by Gasteiger charge is -2.29. The molecule has 0 saturated carbocycles. The Kier molecular flexibility index (Phi) is 5.21. The molecule has 6 nitrogen and oxygen atoms in total. The summed E-state index contributed by atoms with van der Waals surface area (Å²) in [7, 11) is -3.68. The van der Waals surface area contributed by atoms with E-state index in [-0.39, 0.29) is 13.1 Å². The van der Waals surface area contributed by atoms with Gasteiger partial charge in [-0.2, -0.15) is 17.4 Å². The van der Waals surface area contributed by atoms with Crippen molar-refractivity contribution in [1.29, 1.82) is 0 Å². The molecule has 1 saturated heterocycles. The molecule has 0 aliphatic carbocycles. The average Bonchev–Trinajstić information content (AvgIpc) is 2.45. The molecule has 1 aromatic rings. The highest BCUT2D eigenvalue weighted by atomic mass is 35.5. The van der Waals surface area contributed by atoms with Gasteiger partial charge in [0.05, 0.1) is 5.92 Å². The van der Waals surface area contributed by atoms with Gasteiger partial charge in [0.15, 0.2) is 0 Å². The number of rotatable bonds is 5. The number of hydrogen-bond donors (Lipinski definition) is 2. The summed E-state index contributed by atoms with van der Waals surface area (Å²) in [5.74, 6) is -1.59. The molecule has 8 heteroatoms. The molecule has 0 aromatic heterocycles. The van der Waals surface area contributed by atoms with Crippen LogP contribution in [0.1, 0.15) is 18.4 Å². The third-order valence-corrected chi connectivity index (χ3v) is 5.18. The molecule has 0 bridgehead atoms. The molecule has 2 rings (SSSR count). The number of carbonyl (C=O) groups is 1. The molecule has 1 aliphatic rings. The number of nitrogens with zero attached hydrogens (tertiary/aromatic N) is 1. The fourth-order valence-corrected chi connectivity index (χ4v) is 3.77. The SMILES string of the molecule is O=C(O)C1CCCN(S(=O)(=O)NCc2cccc(Cl)c2)C1. The van der Waals surface area contributed by atoms with E-state index in [1.54, 1.807) is 24.3 Å². The van der Waals surface area contributed by atoms with Crippen molar-refractivity contribution in [3.8, 4) is 0 Å². The fourth-order valence-electron chi connectivity index (χ4n) is 2.28. The average molecular weight is 333 g/mol. The minimum absolute atomic E-state index is 0.0141. The van der Waals surface area contributed by atoms with E-state index in [9.17, 15) is 13.2 Å². The Morgan fingerprint density at radius 2 is 2.24 bits per heavy atom. The van der Waals surface area contributed by atoms with E-state index in [2.05, 4.69) is 4.72 Å². The standard InChI is InChI=1S/C13H17ClN2O4S/c14-12-5-1-3-10(7-12)8-15-21(19,20)16-6-2-4-11(9-16)13(17)18/h1,3,5,7,11,15H,2,4,6,8-9H2,(H,17,18). The van der Waals surface area contributed by atoms with Crippen LogP contribution in [-0.4, -0.2) is 36.9 Å². The van der Waals surface area contributed by atoms with Crippen LogP contribution < -0.4 is 4.72 Å². The molecule has 1 atom stereocenters. The van der Waals surface area contributed by atoms with Crippen LogP contribution in [0.15, 0.2) is 24.3 Å². The molecule has 1 fully saturated rings. The highest BCUT2D eigenvalue weighted by molar-refractivity contribution is 7.87. The summed E-state index contributed by atoms with van der Waals surface area (Å²) in [6.45, 7) is 0.478. The molecule has 21 heavy (non-hydrogen) atoms.